The first-order valence-corrected chi connectivity index (χ1v) is 20.9. The van der Waals surface area contributed by atoms with Gasteiger partial charge in [0.25, 0.3) is 0 Å². The standard InChI is InChI=1S/C19H21N5O2.C14H14ClN3O.C5H4Cl2N2.C5H8N2O.2CH4/c1-12-7-15(24-26-12)10-21-18-9-19(23-13(2)22-18)25-11-14-8-16(14)17-5-3-4-6-20-17;1-9-17-13(15)7-14(18-9)19-8-10-6-11(10)12-4-2-3-5-16-12;1-3-8-4(6)2-5(7)9-3;1-4-2-5(3-6)7-8-4;;/h3-7,9,14,16H,8,10-11H2,1-2H3,(H,21,22,23);2-5,7,10-11H,6,8H2,1H3;2H,1H3;2H,3,6H2,1H3;2*1H4/t14-,16+;10-,11+;;;;/m11..../s1. The number of nitrogens with zero attached hydrogens (tertiary/aromatic N) is 10. The van der Waals surface area contributed by atoms with Gasteiger partial charge in [0.1, 0.15) is 56.0 Å². The predicted octanol–water partition coefficient (Wildman–Crippen LogP) is 10.1. The van der Waals surface area contributed by atoms with Crippen LogP contribution >= 0.6 is 34.8 Å². The Morgan fingerprint density at radius 3 is 1.50 bits per heavy atom. The van der Waals surface area contributed by atoms with Crippen molar-refractivity contribution < 1.29 is 18.5 Å². The molecule has 3 N–H and O–H groups in total. The molecule has 2 aliphatic carbocycles. The number of anilines is 1. The van der Waals surface area contributed by atoms with Crippen molar-refractivity contribution in [3.8, 4) is 11.8 Å². The van der Waals surface area contributed by atoms with Gasteiger partial charge in [0.2, 0.25) is 11.8 Å². The number of nitrogens with one attached hydrogen (secondary N) is 1. The van der Waals surface area contributed by atoms with E-state index in [1.54, 1.807) is 19.9 Å². The minimum atomic E-state index is 0. The zero-order valence-electron chi connectivity index (χ0n) is 34.9. The number of hydrogen-bond acceptors (Lipinski definition) is 16. The Balaban J connectivity index is 0.000000206. The summed E-state index contributed by atoms with van der Waals surface area (Å²) in [7, 11) is 0. The Kier molecular flexibility index (Phi) is 19.8. The van der Waals surface area contributed by atoms with Crippen LogP contribution in [0.2, 0.25) is 15.5 Å². The minimum absolute atomic E-state index is 0. The van der Waals surface area contributed by atoms with Gasteiger partial charge in [-0.1, -0.05) is 72.1 Å². The van der Waals surface area contributed by atoms with Crippen molar-refractivity contribution in [3.63, 3.8) is 0 Å². The van der Waals surface area contributed by atoms with E-state index in [2.05, 4.69) is 67.6 Å². The number of hydrogen-bond donors (Lipinski definition) is 2. The van der Waals surface area contributed by atoms with E-state index in [9.17, 15) is 0 Å². The quantitative estimate of drug-likeness (QED) is 0.109. The van der Waals surface area contributed by atoms with Crippen LogP contribution in [0.5, 0.6) is 11.8 Å². The maximum atomic E-state index is 5.91. The van der Waals surface area contributed by atoms with Gasteiger partial charge in [0.15, 0.2) is 0 Å². The first-order chi connectivity index (χ1) is 29.9. The summed E-state index contributed by atoms with van der Waals surface area (Å²) >= 11 is 16.9. The molecule has 0 saturated heterocycles. The Hall–Kier alpha value is -5.81. The van der Waals surface area contributed by atoms with Crippen molar-refractivity contribution in [1.29, 1.82) is 0 Å². The lowest BCUT2D eigenvalue weighted by Gasteiger charge is -2.09. The molecule has 0 radical (unpaired) electrons. The fourth-order valence-electron chi connectivity index (χ4n) is 6.14. The van der Waals surface area contributed by atoms with Gasteiger partial charge in [-0.15, -0.1) is 0 Å². The van der Waals surface area contributed by atoms with Crippen LogP contribution in [0, 0.1) is 46.5 Å². The van der Waals surface area contributed by atoms with E-state index in [0.29, 0.717) is 100 Å². The third-order valence-corrected chi connectivity index (χ3v) is 9.84. The molecule has 2 aliphatic rings. The van der Waals surface area contributed by atoms with Gasteiger partial charge in [-0.2, -0.15) is 9.97 Å². The van der Waals surface area contributed by atoms with Crippen molar-refractivity contribution in [1.82, 2.24) is 50.2 Å². The van der Waals surface area contributed by atoms with Gasteiger partial charge in [0, 0.05) is 84.3 Å². The smallest absolute Gasteiger partial charge is 0.218 e. The maximum absolute atomic E-state index is 5.91. The number of aryl methyl sites for hydroxylation is 5. The number of aromatic nitrogens is 10. The van der Waals surface area contributed by atoms with Crippen LogP contribution in [0.25, 0.3) is 0 Å². The fraction of sp³-hybridized carbons (Fsp3) is 0.378. The molecule has 0 bridgehead atoms. The van der Waals surface area contributed by atoms with Crippen LogP contribution in [0.4, 0.5) is 5.82 Å². The molecule has 9 rings (SSSR count). The lowest BCUT2D eigenvalue weighted by Crippen LogP contribution is -2.07. The van der Waals surface area contributed by atoms with Crippen LogP contribution in [0.15, 0.2) is 88.2 Å². The molecule has 7 aromatic rings. The van der Waals surface area contributed by atoms with E-state index < -0.39 is 0 Å². The van der Waals surface area contributed by atoms with Gasteiger partial charge in [-0.25, -0.2) is 19.9 Å². The summed E-state index contributed by atoms with van der Waals surface area (Å²) in [5, 5.41) is 12.0. The highest BCUT2D eigenvalue weighted by atomic mass is 35.5. The molecule has 0 unspecified atom stereocenters. The zero-order valence-corrected chi connectivity index (χ0v) is 37.1. The molecule has 4 atom stereocenters. The molecule has 2 fully saturated rings. The van der Waals surface area contributed by atoms with Gasteiger partial charge in [-0.3, -0.25) is 9.97 Å². The second-order valence-corrected chi connectivity index (χ2v) is 15.7. The van der Waals surface area contributed by atoms with Crippen LogP contribution in [-0.2, 0) is 13.1 Å². The van der Waals surface area contributed by atoms with Crippen molar-refractivity contribution in [2.45, 2.75) is 87.2 Å². The molecule has 0 aromatic carbocycles. The van der Waals surface area contributed by atoms with E-state index in [1.807, 2.05) is 75.6 Å². The molecule has 16 nitrogen and oxygen atoms in total. The van der Waals surface area contributed by atoms with E-state index in [-0.39, 0.29) is 14.9 Å². The van der Waals surface area contributed by atoms with Gasteiger partial charge in [0.05, 0.1) is 25.5 Å². The Labute approximate surface area is 389 Å². The monoisotopic (exact) mass is 932 g/mol. The summed E-state index contributed by atoms with van der Waals surface area (Å²) in [5.74, 6) is 7.34. The highest BCUT2D eigenvalue weighted by Gasteiger charge is 2.40. The summed E-state index contributed by atoms with van der Waals surface area (Å²) in [6, 6.07) is 20.7. The highest BCUT2D eigenvalue weighted by Crippen LogP contribution is 2.47. The molecule has 2 saturated carbocycles. The largest absolute Gasteiger partial charge is 0.477 e. The van der Waals surface area contributed by atoms with E-state index in [4.69, 9.17) is 59.1 Å². The SMILES string of the molecule is C.C.Cc1cc(CN)no1.Cc1nc(Cl)cc(Cl)n1.Cc1nc(Cl)cc(OC[C@H]2C[C@@H]2c2ccccn2)n1.Cc1nc(NCc2cc(C)on2)cc(OC[C@H]2C[C@@H]2c2ccccn2)n1. The Morgan fingerprint density at radius 1 is 0.609 bits per heavy atom. The van der Waals surface area contributed by atoms with Gasteiger partial charge >= 0.3 is 0 Å². The lowest BCUT2D eigenvalue weighted by atomic mass is 10.2. The van der Waals surface area contributed by atoms with Crippen LogP contribution in [0.1, 0.15) is 91.3 Å². The number of pyridine rings is 2. The van der Waals surface area contributed by atoms with Crippen LogP contribution < -0.4 is 20.5 Å². The Morgan fingerprint density at radius 2 is 1.08 bits per heavy atom. The van der Waals surface area contributed by atoms with Crippen molar-refractivity contribution in [2.75, 3.05) is 18.5 Å². The molecular formula is C45H55Cl3N12O4. The molecule has 64 heavy (non-hydrogen) atoms. The first-order valence-electron chi connectivity index (χ1n) is 19.8. The average molecular weight is 934 g/mol. The van der Waals surface area contributed by atoms with Gasteiger partial charge in [-0.05, 0) is 71.7 Å². The third-order valence-electron chi connectivity index (χ3n) is 9.26. The molecule has 19 heteroatoms. The summed E-state index contributed by atoms with van der Waals surface area (Å²) in [4.78, 5) is 33.4. The van der Waals surface area contributed by atoms with Crippen LogP contribution in [-0.4, -0.2) is 63.4 Å². The van der Waals surface area contributed by atoms with Crippen molar-refractivity contribution in [3.05, 3.63) is 146 Å². The highest BCUT2D eigenvalue weighted by molar-refractivity contribution is 6.33. The van der Waals surface area contributed by atoms with E-state index in [1.165, 1.54) is 6.07 Å². The molecule has 7 aromatic heterocycles. The lowest BCUT2D eigenvalue weighted by molar-refractivity contribution is 0.284. The fourth-order valence-corrected chi connectivity index (χ4v) is 6.86. The number of ether oxygens (including phenoxy) is 2. The molecular weight excluding hydrogens is 879 g/mol. The number of rotatable bonds is 12. The van der Waals surface area contributed by atoms with Crippen LogP contribution in [0.3, 0.4) is 0 Å². The second-order valence-electron chi connectivity index (χ2n) is 14.5. The molecule has 0 amide bonds. The molecule has 340 valence electrons. The second kappa shape index (κ2) is 24.9. The maximum Gasteiger partial charge on any atom is 0.218 e. The molecule has 0 aliphatic heterocycles. The summed E-state index contributed by atoms with van der Waals surface area (Å²) in [6.45, 7) is 11.4. The van der Waals surface area contributed by atoms with Gasteiger partial charge < -0.3 is 29.6 Å². The van der Waals surface area contributed by atoms with E-state index in [0.717, 1.165) is 47.1 Å². The van der Waals surface area contributed by atoms with Crippen molar-refractivity contribution in [2.24, 2.45) is 17.6 Å². The number of nitrogens with two attached hydrogens (primary N) is 1. The summed E-state index contributed by atoms with van der Waals surface area (Å²) in [5.41, 5.74) is 9.17. The number of halogens is 3. The topological polar surface area (TPSA) is 212 Å². The van der Waals surface area contributed by atoms with E-state index >= 15 is 0 Å². The normalized spacial score (nSPS) is 16.4. The van der Waals surface area contributed by atoms with Crippen molar-refractivity contribution >= 4 is 40.6 Å². The predicted molar refractivity (Wildman–Crippen MR) is 248 cm³/mol. The Bertz CT molecular complexity index is 2410. The third kappa shape index (κ3) is 16.7. The molecule has 7 heterocycles. The molecule has 0 spiro atoms. The average Bonchev–Trinajstić information content (AvgIpc) is 4.12. The zero-order chi connectivity index (χ0) is 44.0. The summed E-state index contributed by atoms with van der Waals surface area (Å²) < 4.78 is 21.4. The summed E-state index contributed by atoms with van der Waals surface area (Å²) in [6.07, 6.45) is 5.90. The minimum Gasteiger partial charge on any atom is -0.477 e. The first kappa shape index (κ1) is 50.8.